The maximum absolute atomic E-state index is 14.1. The molecule has 2 amide bonds. The molecule has 1 heterocycles. The van der Waals surface area contributed by atoms with Gasteiger partial charge in [0.1, 0.15) is 5.82 Å². The third-order valence-electron chi connectivity index (χ3n) is 4.79. The molecule has 1 aliphatic rings. The first-order valence-corrected chi connectivity index (χ1v) is 10.7. The van der Waals surface area contributed by atoms with Gasteiger partial charge in [-0.1, -0.05) is 56.6 Å². The molecule has 0 aliphatic carbocycles. The number of rotatable bonds is 3. The van der Waals surface area contributed by atoms with Crippen molar-refractivity contribution in [3.05, 3.63) is 58.9 Å². The number of benzene rings is 2. The lowest BCUT2D eigenvalue weighted by Gasteiger charge is -2.34. The normalized spacial score (nSPS) is 17.7. The van der Waals surface area contributed by atoms with E-state index in [4.69, 9.17) is 11.6 Å². The Morgan fingerprint density at radius 2 is 1.89 bits per heavy atom. The average molecular weight is 416 g/mol. The first kappa shape index (κ1) is 20.7. The standard InChI is InChI=1S/C22H23ClFNO2Si/c1-22(2,3)21(27)25-20(26)11-9-17(28-25)12-14-4-6-15(7-5-14)18-13-16(23)8-10-19(18)24/h4-8,10,13,17H,9,11-12H2,1-3H3/t17-/m0/s1. The Bertz CT molecular complexity index is 892. The number of carbonyl (C=O) groups excluding carboxylic acids is 2. The lowest BCUT2D eigenvalue weighted by Crippen LogP contribution is -2.49. The van der Waals surface area contributed by atoms with Gasteiger partial charge in [-0.15, -0.1) is 0 Å². The molecule has 28 heavy (non-hydrogen) atoms. The molecule has 1 aliphatic heterocycles. The molecule has 2 aromatic rings. The zero-order chi connectivity index (χ0) is 20.5. The van der Waals surface area contributed by atoms with Gasteiger partial charge in [0.2, 0.25) is 11.8 Å². The highest BCUT2D eigenvalue weighted by atomic mass is 35.5. The molecule has 1 atom stereocenters. The Morgan fingerprint density at radius 1 is 1.21 bits per heavy atom. The van der Waals surface area contributed by atoms with Crippen LogP contribution in [0, 0.1) is 11.2 Å². The Kier molecular flexibility index (Phi) is 6.06. The summed E-state index contributed by atoms with van der Waals surface area (Å²) in [6, 6.07) is 12.3. The number of hydrogen-bond acceptors (Lipinski definition) is 2. The minimum atomic E-state index is -0.562. The number of imide groups is 1. The van der Waals surface area contributed by atoms with Gasteiger partial charge in [0, 0.05) is 22.4 Å². The van der Waals surface area contributed by atoms with Gasteiger partial charge >= 0.3 is 0 Å². The van der Waals surface area contributed by atoms with Crippen molar-refractivity contribution in [2.24, 2.45) is 5.41 Å². The van der Waals surface area contributed by atoms with E-state index in [1.54, 1.807) is 6.07 Å². The highest BCUT2D eigenvalue weighted by Gasteiger charge is 2.36. The molecule has 0 saturated carbocycles. The number of halogens is 2. The quantitative estimate of drug-likeness (QED) is 0.638. The van der Waals surface area contributed by atoms with Crippen LogP contribution in [-0.2, 0) is 16.0 Å². The van der Waals surface area contributed by atoms with E-state index >= 15 is 0 Å². The summed E-state index contributed by atoms with van der Waals surface area (Å²) in [6.07, 6.45) is 1.99. The Hall–Kier alpha value is -1.98. The summed E-state index contributed by atoms with van der Waals surface area (Å²) in [5, 5.41) is 0.497. The summed E-state index contributed by atoms with van der Waals surface area (Å²) < 4.78 is 15.5. The fourth-order valence-electron chi connectivity index (χ4n) is 3.21. The van der Waals surface area contributed by atoms with E-state index in [0.717, 1.165) is 24.0 Å². The molecule has 1 fully saturated rings. The van der Waals surface area contributed by atoms with Crippen LogP contribution in [0.3, 0.4) is 0 Å². The van der Waals surface area contributed by atoms with Crippen molar-refractivity contribution in [1.29, 1.82) is 0 Å². The van der Waals surface area contributed by atoms with Crippen molar-refractivity contribution in [2.45, 2.75) is 45.6 Å². The molecule has 0 aromatic heterocycles. The van der Waals surface area contributed by atoms with Crippen LogP contribution in [-0.4, -0.2) is 26.1 Å². The molecular weight excluding hydrogens is 393 g/mol. The van der Waals surface area contributed by atoms with Crippen molar-refractivity contribution >= 4 is 33.1 Å². The molecule has 0 spiro atoms. The summed E-state index contributed by atoms with van der Waals surface area (Å²) in [7, 11) is 0.167. The summed E-state index contributed by atoms with van der Waals surface area (Å²) in [4.78, 5) is 24.8. The van der Waals surface area contributed by atoms with Gasteiger partial charge in [0.05, 0.1) is 0 Å². The Morgan fingerprint density at radius 3 is 2.54 bits per heavy atom. The molecule has 0 unspecified atom stereocenters. The zero-order valence-corrected chi connectivity index (χ0v) is 18.0. The van der Waals surface area contributed by atoms with E-state index in [2.05, 4.69) is 0 Å². The van der Waals surface area contributed by atoms with Crippen LogP contribution in [0.25, 0.3) is 11.1 Å². The van der Waals surface area contributed by atoms with E-state index in [0.29, 0.717) is 17.0 Å². The van der Waals surface area contributed by atoms with E-state index in [1.807, 2.05) is 45.0 Å². The lowest BCUT2D eigenvalue weighted by atomic mass is 9.95. The fraction of sp³-hybridized carbons (Fsp3) is 0.364. The summed E-state index contributed by atoms with van der Waals surface area (Å²) in [6.45, 7) is 5.51. The van der Waals surface area contributed by atoms with E-state index in [9.17, 15) is 14.0 Å². The van der Waals surface area contributed by atoms with Gasteiger partial charge in [0.15, 0.2) is 9.68 Å². The molecule has 146 valence electrons. The molecule has 3 nitrogen and oxygen atoms in total. The van der Waals surface area contributed by atoms with E-state index in [-0.39, 0.29) is 32.9 Å². The lowest BCUT2D eigenvalue weighted by molar-refractivity contribution is -0.144. The zero-order valence-electron chi connectivity index (χ0n) is 16.3. The van der Waals surface area contributed by atoms with E-state index in [1.165, 1.54) is 16.7 Å². The molecule has 2 aromatic carbocycles. The second-order valence-electron chi connectivity index (χ2n) is 8.17. The third kappa shape index (κ3) is 4.70. The van der Waals surface area contributed by atoms with Gasteiger partial charge in [-0.3, -0.25) is 9.59 Å². The topological polar surface area (TPSA) is 37.4 Å². The van der Waals surface area contributed by atoms with Crippen molar-refractivity contribution in [1.82, 2.24) is 4.57 Å². The van der Waals surface area contributed by atoms with Crippen molar-refractivity contribution in [2.75, 3.05) is 0 Å². The molecule has 0 N–H and O–H groups in total. The minimum absolute atomic E-state index is 0.0683. The minimum Gasteiger partial charge on any atom is -0.312 e. The molecular formula is C22H23ClFNO2Si. The first-order valence-electron chi connectivity index (χ1n) is 9.33. The SMILES string of the molecule is CC(C)(C)C(=O)N1[Si][C@H](Cc2ccc(-c3cc(Cl)ccc3F)cc2)CCC1=O. The highest BCUT2D eigenvalue weighted by Crippen LogP contribution is 2.30. The van der Waals surface area contributed by atoms with Crippen LogP contribution in [0.2, 0.25) is 10.6 Å². The first-order chi connectivity index (χ1) is 13.1. The predicted octanol–water partition coefficient (Wildman–Crippen LogP) is 5.29. The van der Waals surface area contributed by atoms with Gasteiger partial charge in [-0.25, -0.2) is 4.39 Å². The van der Waals surface area contributed by atoms with Gasteiger partial charge in [0.25, 0.3) is 0 Å². The molecule has 6 heteroatoms. The summed E-state index contributed by atoms with van der Waals surface area (Å²) in [5.41, 5.74) is 2.06. The number of nitrogens with zero attached hydrogens (tertiary/aromatic N) is 1. The molecule has 3 rings (SSSR count). The van der Waals surface area contributed by atoms with Crippen molar-refractivity contribution < 1.29 is 14.0 Å². The average Bonchev–Trinajstić information content (AvgIpc) is 2.65. The summed E-state index contributed by atoms with van der Waals surface area (Å²) >= 11 is 5.98. The Balaban J connectivity index is 1.71. The predicted molar refractivity (Wildman–Crippen MR) is 111 cm³/mol. The highest BCUT2D eigenvalue weighted by molar-refractivity contribution is 6.45. The smallest absolute Gasteiger partial charge is 0.226 e. The summed E-state index contributed by atoms with van der Waals surface area (Å²) in [5.74, 6) is -0.477. The molecule has 0 bridgehead atoms. The van der Waals surface area contributed by atoms with Crippen molar-refractivity contribution in [3.8, 4) is 11.1 Å². The van der Waals surface area contributed by atoms with Crippen LogP contribution in [0.4, 0.5) is 4.39 Å². The monoisotopic (exact) mass is 415 g/mol. The van der Waals surface area contributed by atoms with Crippen molar-refractivity contribution in [3.63, 3.8) is 0 Å². The van der Waals surface area contributed by atoms with Crippen LogP contribution in [0.5, 0.6) is 0 Å². The second-order valence-corrected chi connectivity index (χ2v) is 10.1. The third-order valence-corrected chi connectivity index (χ3v) is 6.59. The van der Waals surface area contributed by atoms with Crippen LogP contribution in [0.1, 0.15) is 39.2 Å². The largest absolute Gasteiger partial charge is 0.312 e. The molecule has 2 radical (unpaired) electrons. The maximum atomic E-state index is 14.1. The van der Waals surface area contributed by atoms with Gasteiger partial charge < -0.3 is 4.57 Å². The number of carbonyl (C=O) groups is 2. The fourth-order valence-corrected chi connectivity index (χ4v) is 5.05. The van der Waals surface area contributed by atoms with E-state index < -0.39 is 5.41 Å². The number of amides is 2. The second kappa shape index (κ2) is 8.17. The maximum Gasteiger partial charge on any atom is 0.226 e. The van der Waals surface area contributed by atoms with Gasteiger partial charge in [-0.2, -0.15) is 0 Å². The van der Waals surface area contributed by atoms with Gasteiger partial charge in [-0.05, 0) is 47.7 Å². The van der Waals surface area contributed by atoms with Crippen LogP contribution < -0.4 is 0 Å². The number of hydrogen-bond donors (Lipinski definition) is 0. The molecule has 1 saturated heterocycles. The Labute approximate surface area is 172 Å². The van der Waals surface area contributed by atoms with Crippen LogP contribution >= 0.6 is 11.6 Å². The van der Waals surface area contributed by atoms with Crippen LogP contribution in [0.15, 0.2) is 42.5 Å².